The number of H-pyrrole nitrogens is 1. The second-order valence-corrected chi connectivity index (χ2v) is 9.70. The van der Waals surface area contributed by atoms with Crippen LogP contribution in [0.2, 0.25) is 5.02 Å². The van der Waals surface area contributed by atoms with E-state index in [1.807, 2.05) is 4.90 Å². The topological polar surface area (TPSA) is 133 Å². The van der Waals surface area contributed by atoms with Crippen molar-refractivity contribution in [3.63, 3.8) is 0 Å². The Morgan fingerprint density at radius 2 is 1.97 bits per heavy atom. The highest BCUT2D eigenvalue weighted by Crippen LogP contribution is 2.26. The van der Waals surface area contributed by atoms with Crippen LogP contribution in [0.15, 0.2) is 46.2 Å². The van der Waals surface area contributed by atoms with Gasteiger partial charge in [0.1, 0.15) is 11.1 Å². The molecule has 1 atom stereocenters. The van der Waals surface area contributed by atoms with E-state index in [0.717, 1.165) is 0 Å². The molecule has 3 N–H and O–H groups in total. The smallest absolute Gasteiger partial charge is 0.407 e. The number of anilines is 1. The number of amides is 1. The molecule has 0 spiro atoms. The van der Waals surface area contributed by atoms with Crippen LogP contribution in [0.3, 0.4) is 0 Å². The van der Waals surface area contributed by atoms with E-state index < -0.39 is 21.7 Å². The molecule has 2 heterocycles. The molecule has 1 saturated heterocycles. The number of aromatic amines is 1. The van der Waals surface area contributed by atoms with E-state index in [4.69, 9.17) is 16.3 Å². The largest absolute Gasteiger partial charge is 0.444 e. The maximum Gasteiger partial charge on any atom is 0.407 e. The Balaban J connectivity index is 1.21. The molecule has 10 nitrogen and oxygen atoms in total. The lowest BCUT2D eigenvalue weighted by molar-refractivity contribution is 0.0986. The number of hydrogen-bond donors (Lipinski definition) is 3. The summed E-state index contributed by atoms with van der Waals surface area (Å²) in [5.41, 5.74) is 0.0353. The quantitative estimate of drug-likeness (QED) is 0.581. The number of nitrogens with one attached hydrogen (secondary N) is 3. The van der Waals surface area contributed by atoms with Crippen LogP contribution < -0.4 is 20.5 Å². The number of aromatic nitrogens is 2. The van der Waals surface area contributed by atoms with E-state index in [1.165, 1.54) is 18.3 Å². The zero-order chi connectivity index (χ0) is 22.0. The van der Waals surface area contributed by atoms with Crippen molar-refractivity contribution in [3.8, 4) is 0 Å². The van der Waals surface area contributed by atoms with Crippen LogP contribution in [0, 0.1) is 0 Å². The van der Waals surface area contributed by atoms with E-state index in [1.54, 1.807) is 18.2 Å². The molecule has 2 aliphatic rings. The number of rotatable bonds is 6. The van der Waals surface area contributed by atoms with Gasteiger partial charge in [-0.3, -0.25) is 4.79 Å². The first-order chi connectivity index (χ1) is 14.8. The maximum absolute atomic E-state index is 12.3. The fourth-order valence-corrected chi connectivity index (χ4v) is 5.20. The molecule has 2 fully saturated rings. The molecule has 0 bridgehead atoms. The Hall–Kier alpha value is -2.63. The first kappa shape index (κ1) is 21.6. The van der Waals surface area contributed by atoms with Crippen LogP contribution in [0.25, 0.3) is 0 Å². The maximum atomic E-state index is 12.3. The van der Waals surface area contributed by atoms with Crippen molar-refractivity contribution in [3.05, 3.63) is 51.9 Å². The van der Waals surface area contributed by atoms with Gasteiger partial charge in [0.25, 0.3) is 5.56 Å². The number of alkyl carbamates (subject to hydrolysis) is 1. The molecule has 12 heteroatoms. The summed E-state index contributed by atoms with van der Waals surface area (Å²) in [5.74, 6) is 0. The van der Waals surface area contributed by atoms with E-state index in [2.05, 4.69) is 20.2 Å². The lowest BCUT2D eigenvalue weighted by Crippen LogP contribution is -2.54. The molecule has 1 amide bonds. The average molecular weight is 468 g/mol. The van der Waals surface area contributed by atoms with Gasteiger partial charge in [-0.2, -0.15) is 5.10 Å². The van der Waals surface area contributed by atoms with E-state index in [-0.39, 0.29) is 28.1 Å². The monoisotopic (exact) mass is 467 g/mol. The number of sulfonamides is 1. The van der Waals surface area contributed by atoms with Crippen molar-refractivity contribution < 1.29 is 17.9 Å². The van der Waals surface area contributed by atoms with E-state index >= 15 is 0 Å². The van der Waals surface area contributed by atoms with Gasteiger partial charge in [-0.25, -0.2) is 23.0 Å². The highest BCUT2D eigenvalue weighted by atomic mass is 35.5. The molecule has 31 heavy (non-hydrogen) atoms. The second kappa shape index (κ2) is 8.85. The van der Waals surface area contributed by atoms with Crippen molar-refractivity contribution in [2.45, 2.75) is 42.3 Å². The number of benzene rings is 1. The van der Waals surface area contributed by atoms with Crippen LogP contribution >= 0.6 is 11.6 Å². The van der Waals surface area contributed by atoms with Crippen LogP contribution in [0.4, 0.5) is 10.5 Å². The molecule has 0 unspecified atom stereocenters. The first-order valence-corrected chi connectivity index (χ1v) is 11.7. The third kappa shape index (κ3) is 5.00. The van der Waals surface area contributed by atoms with Gasteiger partial charge in [0.15, 0.2) is 0 Å². The lowest BCUT2D eigenvalue weighted by Gasteiger charge is -2.35. The molecule has 1 aliphatic heterocycles. The van der Waals surface area contributed by atoms with Crippen molar-refractivity contribution in [1.29, 1.82) is 0 Å². The average Bonchev–Trinajstić information content (AvgIpc) is 3.17. The van der Waals surface area contributed by atoms with Crippen LogP contribution in [-0.4, -0.2) is 56.0 Å². The highest BCUT2D eigenvalue weighted by Gasteiger charge is 2.35. The molecular weight excluding hydrogens is 446 g/mol. The summed E-state index contributed by atoms with van der Waals surface area (Å²) in [5, 5.41) is 8.84. The summed E-state index contributed by atoms with van der Waals surface area (Å²) in [6, 6.07) is 7.77. The number of ether oxygens (including phenoxy) is 1. The number of halogens is 1. The van der Waals surface area contributed by atoms with Gasteiger partial charge in [0.2, 0.25) is 10.0 Å². The Kier molecular flexibility index (Phi) is 6.17. The number of carbonyl (C=O) groups excluding carboxylic acids is 1. The zero-order valence-electron chi connectivity index (χ0n) is 16.5. The summed E-state index contributed by atoms with van der Waals surface area (Å²) in [6.07, 6.45) is 2.16. The molecule has 2 aromatic rings. The Labute approximate surface area is 184 Å². The van der Waals surface area contributed by atoms with Crippen molar-refractivity contribution in [2.75, 3.05) is 18.0 Å². The molecule has 1 aromatic heterocycles. The normalized spacial score (nSPS) is 23.3. The summed E-state index contributed by atoms with van der Waals surface area (Å²) < 4.78 is 32.8. The predicted octanol–water partition coefficient (Wildman–Crippen LogP) is 1.24. The van der Waals surface area contributed by atoms with E-state index in [0.29, 0.717) is 38.0 Å². The van der Waals surface area contributed by atoms with Crippen molar-refractivity contribution in [1.82, 2.24) is 20.2 Å². The highest BCUT2D eigenvalue weighted by molar-refractivity contribution is 7.89. The minimum Gasteiger partial charge on any atom is -0.444 e. The summed E-state index contributed by atoms with van der Waals surface area (Å²) >= 11 is 6.03. The Bertz CT molecular complexity index is 1100. The minimum atomic E-state index is -3.57. The molecule has 4 rings (SSSR count). The summed E-state index contributed by atoms with van der Waals surface area (Å²) in [6.45, 7) is 0.984. The van der Waals surface area contributed by atoms with Gasteiger partial charge < -0.3 is 15.0 Å². The third-order valence-corrected chi connectivity index (χ3v) is 7.27. The van der Waals surface area contributed by atoms with Gasteiger partial charge in [0, 0.05) is 25.0 Å². The van der Waals surface area contributed by atoms with Crippen LogP contribution in [0.1, 0.15) is 19.3 Å². The fraction of sp³-hybridized carbons (Fsp3) is 0.421. The molecule has 1 aromatic carbocycles. The SMILES string of the molecule is O=C(NC1CC(NS(=O)(=O)c2ccccc2)C1)O[C@@H]1CCN(c2cn[nH]c(=O)c2Cl)C1. The van der Waals surface area contributed by atoms with Gasteiger partial charge in [-0.15, -0.1) is 0 Å². The minimum absolute atomic E-state index is 0.0542. The molecular formula is C19H22ClN5O5S. The number of carbonyl (C=O) groups is 1. The van der Waals surface area contributed by atoms with Crippen molar-refractivity contribution in [2.24, 2.45) is 0 Å². The lowest BCUT2D eigenvalue weighted by atomic mass is 9.88. The van der Waals surface area contributed by atoms with Crippen LogP contribution in [0.5, 0.6) is 0 Å². The first-order valence-electron chi connectivity index (χ1n) is 9.84. The molecule has 1 saturated carbocycles. The second-order valence-electron chi connectivity index (χ2n) is 7.60. The van der Waals surface area contributed by atoms with Crippen molar-refractivity contribution >= 4 is 33.4 Å². The van der Waals surface area contributed by atoms with Crippen LogP contribution in [-0.2, 0) is 14.8 Å². The standard InChI is InChI=1S/C19H22ClN5O5S/c20-17-16(10-21-23-18(17)26)25-7-6-14(11-25)30-19(27)22-12-8-13(9-12)24-31(28,29)15-4-2-1-3-5-15/h1-5,10,12-14,24H,6-9,11H2,(H,22,27)(H,23,26)/t12?,13?,14-/m1/s1. The van der Waals surface area contributed by atoms with Gasteiger partial charge in [-0.1, -0.05) is 29.8 Å². The summed E-state index contributed by atoms with van der Waals surface area (Å²) in [7, 11) is -3.57. The number of nitrogens with zero attached hydrogens (tertiary/aromatic N) is 2. The number of hydrogen-bond acceptors (Lipinski definition) is 7. The molecule has 1 aliphatic carbocycles. The van der Waals surface area contributed by atoms with E-state index in [9.17, 15) is 18.0 Å². The Morgan fingerprint density at radius 3 is 2.71 bits per heavy atom. The van der Waals surface area contributed by atoms with Gasteiger partial charge in [0.05, 0.1) is 23.3 Å². The van der Waals surface area contributed by atoms with Gasteiger partial charge >= 0.3 is 6.09 Å². The zero-order valence-corrected chi connectivity index (χ0v) is 18.0. The fourth-order valence-electron chi connectivity index (χ4n) is 3.71. The summed E-state index contributed by atoms with van der Waals surface area (Å²) in [4.78, 5) is 25.9. The Morgan fingerprint density at radius 1 is 1.23 bits per heavy atom. The van der Waals surface area contributed by atoms with Gasteiger partial charge in [-0.05, 0) is 25.0 Å². The molecule has 0 radical (unpaired) electrons. The predicted molar refractivity (Wildman–Crippen MR) is 114 cm³/mol. The molecule has 166 valence electrons. The third-order valence-electron chi connectivity index (χ3n) is 5.37.